The molecule has 0 unspecified atom stereocenters. The van der Waals surface area contributed by atoms with Crippen LogP contribution in [-0.2, 0) is 6.54 Å². The first-order valence-corrected chi connectivity index (χ1v) is 3.44. The van der Waals surface area contributed by atoms with Gasteiger partial charge in [-0.2, -0.15) is 0 Å². The summed E-state index contributed by atoms with van der Waals surface area (Å²) in [6.45, 7) is 3.93. The molecule has 1 heterocycles. The molecule has 0 aliphatic carbocycles. The van der Waals surface area contributed by atoms with Crippen molar-refractivity contribution >= 4 is 11.6 Å². The van der Waals surface area contributed by atoms with E-state index in [9.17, 15) is 4.79 Å². The topological polar surface area (TPSA) is 34.9 Å². The molecular formula is C7H7ClN2O. The van der Waals surface area contributed by atoms with Crippen molar-refractivity contribution < 1.29 is 0 Å². The Hall–Kier alpha value is -1.09. The Bertz CT molecular complexity index is 318. The Morgan fingerprint density at radius 1 is 1.82 bits per heavy atom. The van der Waals surface area contributed by atoms with Crippen molar-refractivity contribution in [1.82, 2.24) is 9.55 Å². The molecule has 11 heavy (non-hydrogen) atoms. The van der Waals surface area contributed by atoms with E-state index in [2.05, 4.69) is 11.6 Å². The molecule has 1 rings (SSSR count). The second kappa shape index (κ2) is 3.34. The van der Waals surface area contributed by atoms with Gasteiger partial charge < -0.3 is 0 Å². The van der Waals surface area contributed by atoms with Crippen LogP contribution in [-0.4, -0.2) is 9.55 Å². The molecule has 58 valence electrons. The summed E-state index contributed by atoms with van der Waals surface area (Å²) >= 11 is 5.60. The quantitative estimate of drug-likeness (QED) is 0.623. The van der Waals surface area contributed by atoms with Gasteiger partial charge in [0, 0.05) is 12.7 Å². The number of allylic oxidation sites excluding steroid dienone is 1. The molecule has 4 heteroatoms. The maximum Gasteiger partial charge on any atom is 0.347 e. The highest BCUT2D eigenvalue weighted by atomic mass is 35.5. The third-order valence-electron chi connectivity index (χ3n) is 1.15. The van der Waals surface area contributed by atoms with Crippen LogP contribution >= 0.6 is 11.6 Å². The van der Waals surface area contributed by atoms with Crippen LogP contribution in [0.15, 0.2) is 29.8 Å². The minimum atomic E-state index is -0.311. The maximum atomic E-state index is 10.9. The van der Waals surface area contributed by atoms with Crippen LogP contribution in [0.4, 0.5) is 0 Å². The highest BCUT2D eigenvalue weighted by molar-refractivity contribution is 6.30. The van der Waals surface area contributed by atoms with Gasteiger partial charge in [0.15, 0.2) is 0 Å². The lowest BCUT2D eigenvalue weighted by Gasteiger charge is -1.98. The minimum Gasteiger partial charge on any atom is -0.294 e. The number of hydrogen-bond acceptors (Lipinski definition) is 2. The summed E-state index contributed by atoms with van der Waals surface area (Å²) in [5, 5.41) is 0.450. The Morgan fingerprint density at radius 2 is 2.55 bits per heavy atom. The van der Waals surface area contributed by atoms with E-state index in [-0.39, 0.29) is 5.69 Å². The summed E-state index contributed by atoms with van der Waals surface area (Å²) in [5.41, 5.74) is -0.311. The molecule has 0 aliphatic rings. The van der Waals surface area contributed by atoms with E-state index in [1.807, 2.05) is 0 Å². The van der Waals surface area contributed by atoms with Crippen molar-refractivity contribution in [2.24, 2.45) is 0 Å². The summed E-state index contributed by atoms with van der Waals surface area (Å²) in [6, 6.07) is 0. The van der Waals surface area contributed by atoms with Gasteiger partial charge in [0.25, 0.3) is 0 Å². The van der Waals surface area contributed by atoms with Crippen molar-refractivity contribution in [3.8, 4) is 0 Å². The van der Waals surface area contributed by atoms with Crippen LogP contribution < -0.4 is 5.69 Å². The van der Waals surface area contributed by atoms with Gasteiger partial charge in [-0.05, 0) is 0 Å². The second-order valence-corrected chi connectivity index (χ2v) is 2.43. The average Bonchev–Trinajstić information content (AvgIpc) is 1.98. The van der Waals surface area contributed by atoms with Crippen LogP contribution in [0.1, 0.15) is 0 Å². The van der Waals surface area contributed by atoms with E-state index in [1.54, 1.807) is 6.08 Å². The number of aromatic nitrogens is 2. The predicted molar refractivity (Wildman–Crippen MR) is 43.7 cm³/mol. The zero-order chi connectivity index (χ0) is 8.27. The largest absolute Gasteiger partial charge is 0.347 e. The van der Waals surface area contributed by atoms with Gasteiger partial charge >= 0.3 is 5.69 Å². The number of halogens is 1. The summed E-state index contributed by atoms with van der Waals surface area (Å²) in [4.78, 5) is 14.4. The predicted octanol–water partition coefficient (Wildman–Crippen LogP) is 1.08. The molecule has 0 amide bonds. The number of rotatable bonds is 2. The van der Waals surface area contributed by atoms with Crippen molar-refractivity contribution in [2.45, 2.75) is 6.54 Å². The zero-order valence-electron chi connectivity index (χ0n) is 5.83. The molecule has 1 aromatic heterocycles. The van der Waals surface area contributed by atoms with E-state index in [1.165, 1.54) is 17.0 Å². The zero-order valence-corrected chi connectivity index (χ0v) is 6.58. The normalized spacial score (nSPS) is 9.55. The van der Waals surface area contributed by atoms with Gasteiger partial charge in [0.05, 0.1) is 11.2 Å². The SMILES string of the molecule is C=CCn1cc(Cl)cnc1=O. The molecule has 0 saturated carbocycles. The molecule has 0 spiro atoms. The Kier molecular flexibility index (Phi) is 2.44. The van der Waals surface area contributed by atoms with Gasteiger partial charge in [0.1, 0.15) is 0 Å². The Morgan fingerprint density at radius 3 is 3.18 bits per heavy atom. The van der Waals surface area contributed by atoms with Gasteiger partial charge in [-0.25, -0.2) is 9.78 Å². The smallest absolute Gasteiger partial charge is 0.294 e. The molecular weight excluding hydrogens is 164 g/mol. The van der Waals surface area contributed by atoms with Crippen LogP contribution in [0.3, 0.4) is 0 Å². The highest BCUT2D eigenvalue weighted by Crippen LogP contribution is 2.00. The summed E-state index contributed by atoms with van der Waals surface area (Å²) < 4.78 is 1.38. The second-order valence-electron chi connectivity index (χ2n) is 2.00. The minimum absolute atomic E-state index is 0.311. The van der Waals surface area contributed by atoms with E-state index in [0.717, 1.165) is 0 Å². The third-order valence-corrected chi connectivity index (χ3v) is 1.34. The number of hydrogen-bond donors (Lipinski definition) is 0. The fourth-order valence-corrected chi connectivity index (χ4v) is 0.865. The lowest BCUT2D eigenvalue weighted by molar-refractivity contribution is 0.744. The van der Waals surface area contributed by atoms with Crippen molar-refractivity contribution in [1.29, 1.82) is 0 Å². The van der Waals surface area contributed by atoms with E-state index in [4.69, 9.17) is 11.6 Å². The summed E-state index contributed by atoms with van der Waals surface area (Å²) in [6.07, 6.45) is 4.46. The molecule has 0 saturated heterocycles. The molecule has 3 nitrogen and oxygen atoms in total. The average molecular weight is 171 g/mol. The van der Waals surface area contributed by atoms with Gasteiger partial charge in [0.2, 0.25) is 0 Å². The van der Waals surface area contributed by atoms with Crippen LogP contribution in [0.2, 0.25) is 5.02 Å². The van der Waals surface area contributed by atoms with Crippen LogP contribution in [0, 0.1) is 0 Å². The van der Waals surface area contributed by atoms with E-state index in [0.29, 0.717) is 11.6 Å². The van der Waals surface area contributed by atoms with Gasteiger partial charge in [-0.3, -0.25) is 4.57 Å². The van der Waals surface area contributed by atoms with Crippen molar-refractivity contribution in [2.75, 3.05) is 0 Å². The molecule has 0 aliphatic heterocycles. The Balaban J connectivity index is 3.12. The first-order chi connectivity index (χ1) is 5.24. The summed E-state index contributed by atoms with van der Waals surface area (Å²) in [7, 11) is 0. The fraction of sp³-hybridized carbons (Fsp3) is 0.143. The third kappa shape index (κ3) is 1.91. The molecule has 0 N–H and O–H groups in total. The fourth-order valence-electron chi connectivity index (χ4n) is 0.698. The lowest BCUT2D eigenvalue weighted by atomic mass is 10.5. The highest BCUT2D eigenvalue weighted by Gasteiger charge is 1.94. The molecule has 0 radical (unpaired) electrons. The van der Waals surface area contributed by atoms with Crippen molar-refractivity contribution in [3.63, 3.8) is 0 Å². The van der Waals surface area contributed by atoms with Crippen LogP contribution in [0.5, 0.6) is 0 Å². The lowest BCUT2D eigenvalue weighted by Crippen LogP contribution is -2.20. The van der Waals surface area contributed by atoms with Gasteiger partial charge in [-0.15, -0.1) is 6.58 Å². The molecule has 1 aromatic rings. The van der Waals surface area contributed by atoms with Gasteiger partial charge in [-0.1, -0.05) is 17.7 Å². The van der Waals surface area contributed by atoms with E-state index < -0.39 is 0 Å². The first kappa shape index (κ1) is 8.01. The molecule has 0 aromatic carbocycles. The molecule has 0 fully saturated rings. The molecule has 0 atom stereocenters. The van der Waals surface area contributed by atoms with Crippen LogP contribution in [0.25, 0.3) is 0 Å². The molecule has 0 bridgehead atoms. The monoisotopic (exact) mass is 170 g/mol. The summed E-state index contributed by atoms with van der Waals surface area (Å²) in [5.74, 6) is 0. The first-order valence-electron chi connectivity index (χ1n) is 3.07. The number of nitrogens with zero attached hydrogens (tertiary/aromatic N) is 2. The van der Waals surface area contributed by atoms with Crippen molar-refractivity contribution in [3.05, 3.63) is 40.6 Å². The van der Waals surface area contributed by atoms with E-state index >= 15 is 0 Å². The maximum absolute atomic E-state index is 10.9. The Labute approximate surface area is 69.0 Å². The standard InChI is InChI=1S/C7H7ClN2O/c1-2-3-10-5-6(8)4-9-7(10)11/h2,4-5H,1,3H2.